The standard InChI is InChI=1S/C12H13NO3S/c1-7-9(12(15)16)3-2-4-10(7)13-6-8(17)5-11(13)14/h2-4,8,17H,5-6H2,1H3,(H,15,16). The van der Waals surface area contributed by atoms with Crippen molar-refractivity contribution >= 4 is 30.2 Å². The van der Waals surface area contributed by atoms with E-state index in [4.69, 9.17) is 5.11 Å². The number of rotatable bonds is 2. The summed E-state index contributed by atoms with van der Waals surface area (Å²) in [4.78, 5) is 24.4. The number of amides is 1. The molecule has 5 heteroatoms. The molecule has 1 N–H and O–H groups in total. The van der Waals surface area contributed by atoms with Crippen molar-refractivity contribution in [2.45, 2.75) is 18.6 Å². The van der Waals surface area contributed by atoms with Crippen LogP contribution in [0.3, 0.4) is 0 Å². The highest BCUT2D eigenvalue weighted by Crippen LogP contribution is 2.28. The molecule has 1 fully saturated rings. The van der Waals surface area contributed by atoms with Crippen LogP contribution in [0.1, 0.15) is 22.3 Å². The number of hydrogen-bond acceptors (Lipinski definition) is 3. The summed E-state index contributed by atoms with van der Waals surface area (Å²) in [5, 5.41) is 9.06. The molecule has 1 unspecified atom stereocenters. The van der Waals surface area contributed by atoms with Gasteiger partial charge in [-0.2, -0.15) is 12.6 Å². The zero-order chi connectivity index (χ0) is 12.6. The number of carbonyl (C=O) groups excluding carboxylic acids is 1. The minimum Gasteiger partial charge on any atom is -0.478 e. The fraction of sp³-hybridized carbons (Fsp3) is 0.333. The van der Waals surface area contributed by atoms with Crippen LogP contribution in [-0.4, -0.2) is 28.8 Å². The second kappa shape index (κ2) is 4.41. The average molecular weight is 251 g/mol. The van der Waals surface area contributed by atoms with Gasteiger partial charge in [0.25, 0.3) is 0 Å². The predicted octanol–water partition coefficient (Wildman–Crippen LogP) is 1.73. The van der Waals surface area contributed by atoms with Crippen LogP contribution >= 0.6 is 12.6 Å². The normalized spacial score (nSPS) is 19.8. The number of carboxylic acid groups (broad SMARTS) is 1. The Hall–Kier alpha value is -1.49. The van der Waals surface area contributed by atoms with Gasteiger partial charge in [0.1, 0.15) is 0 Å². The number of carbonyl (C=O) groups is 2. The van der Waals surface area contributed by atoms with Gasteiger partial charge in [0.2, 0.25) is 5.91 Å². The second-order valence-corrected chi connectivity index (χ2v) is 4.85. The Labute approximate surface area is 105 Å². The van der Waals surface area contributed by atoms with E-state index in [2.05, 4.69) is 12.6 Å². The molecule has 0 aromatic heterocycles. The SMILES string of the molecule is Cc1c(C(=O)O)cccc1N1CC(S)CC1=O. The number of hydrogen-bond donors (Lipinski definition) is 2. The lowest BCUT2D eigenvalue weighted by Crippen LogP contribution is -2.26. The highest BCUT2D eigenvalue weighted by atomic mass is 32.1. The molecular formula is C12H13NO3S. The first-order valence-corrected chi connectivity index (χ1v) is 5.83. The second-order valence-electron chi connectivity index (χ2n) is 4.12. The maximum atomic E-state index is 11.7. The Morgan fingerprint density at radius 3 is 2.76 bits per heavy atom. The molecule has 1 aromatic rings. The van der Waals surface area contributed by atoms with Crippen LogP contribution < -0.4 is 4.90 Å². The lowest BCUT2D eigenvalue weighted by molar-refractivity contribution is -0.117. The molecule has 0 aliphatic carbocycles. The van der Waals surface area contributed by atoms with E-state index in [1.807, 2.05) is 0 Å². The number of anilines is 1. The van der Waals surface area contributed by atoms with Crippen LogP contribution in [0, 0.1) is 6.92 Å². The first-order chi connectivity index (χ1) is 8.00. The molecule has 17 heavy (non-hydrogen) atoms. The maximum Gasteiger partial charge on any atom is 0.336 e. The third-order valence-electron chi connectivity index (χ3n) is 2.93. The van der Waals surface area contributed by atoms with Crippen LogP contribution in [0.5, 0.6) is 0 Å². The number of nitrogens with zero attached hydrogens (tertiary/aromatic N) is 1. The van der Waals surface area contributed by atoms with Crippen molar-refractivity contribution < 1.29 is 14.7 Å². The quantitative estimate of drug-likeness (QED) is 0.787. The summed E-state index contributed by atoms with van der Waals surface area (Å²) < 4.78 is 0. The molecule has 0 radical (unpaired) electrons. The van der Waals surface area contributed by atoms with E-state index in [0.29, 0.717) is 24.2 Å². The zero-order valence-electron chi connectivity index (χ0n) is 9.38. The van der Waals surface area contributed by atoms with E-state index < -0.39 is 5.97 Å². The number of benzene rings is 1. The van der Waals surface area contributed by atoms with Crippen LogP contribution in [0.2, 0.25) is 0 Å². The van der Waals surface area contributed by atoms with Crippen molar-refractivity contribution in [3.05, 3.63) is 29.3 Å². The van der Waals surface area contributed by atoms with Crippen molar-refractivity contribution in [3.63, 3.8) is 0 Å². The van der Waals surface area contributed by atoms with Crippen molar-refractivity contribution in [1.29, 1.82) is 0 Å². The van der Waals surface area contributed by atoms with Gasteiger partial charge in [0, 0.05) is 23.9 Å². The molecule has 0 spiro atoms. The fourth-order valence-corrected chi connectivity index (χ4v) is 2.39. The smallest absolute Gasteiger partial charge is 0.336 e. The molecule has 0 saturated carbocycles. The van der Waals surface area contributed by atoms with Crippen molar-refractivity contribution in [1.82, 2.24) is 0 Å². The van der Waals surface area contributed by atoms with Crippen molar-refractivity contribution in [3.8, 4) is 0 Å². The summed E-state index contributed by atoms with van der Waals surface area (Å²) in [5.74, 6) is -0.978. The van der Waals surface area contributed by atoms with Gasteiger partial charge in [0.05, 0.1) is 5.56 Å². The monoisotopic (exact) mass is 251 g/mol. The number of aromatic carboxylic acids is 1. The molecular weight excluding hydrogens is 238 g/mol. The van der Waals surface area contributed by atoms with Crippen molar-refractivity contribution in [2.24, 2.45) is 0 Å². The van der Waals surface area contributed by atoms with E-state index in [9.17, 15) is 9.59 Å². The van der Waals surface area contributed by atoms with E-state index in [0.717, 1.165) is 0 Å². The molecule has 1 heterocycles. The molecule has 4 nitrogen and oxygen atoms in total. The third kappa shape index (κ3) is 2.15. The van der Waals surface area contributed by atoms with E-state index in [1.54, 1.807) is 30.0 Å². The van der Waals surface area contributed by atoms with Crippen LogP contribution in [0.15, 0.2) is 18.2 Å². The van der Waals surface area contributed by atoms with E-state index in [1.165, 1.54) is 0 Å². The van der Waals surface area contributed by atoms with E-state index in [-0.39, 0.29) is 16.7 Å². The predicted molar refractivity (Wildman–Crippen MR) is 67.9 cm³/mol. The minimum atomic E-state index is -0.974. The molecule has 1 saturated heterocycles. The third-order valence-corrected chi connectivity index (χ3v) is 3.28. The molecule has 1 aliphatic heterocycles. The summed E-state index contributed by atoms with van der Waals surface area (Å²) in [6.45, 7) is 2.25. The molecule has 90 valence electrons. The number of thiol groups is 1. The summed E-state index contributed by atoms with van der Waals surface area (Å²) in [5.41, 5.74) is 1.53. The topological polar surface area (TPSA) is 57.6 Å². The minimum absolute atomic E-state index is 0.00404. The first-order valence-electron chi connectivity index (χ1n) is 5.32. The Balaban J connectivity index is 2.43. The number of carboxylic acids is 1. The first kappa shape index (κ1) is 12.0. The Bertz CT molecular complexity index is 487. The van der Waals surface area contributed by atoms with Gasteiger partial charge in [-0.1, -0.05) is 6.07 Å². The Morgan fingerprint density at radius 1 is 1.53 bits per heavy atom. The van der Waals surface area contributed by atoms with Gasteiger partial charge in [-0.15, -0.1) is 0 Å². The highest BCUT2D eigenvalue weighted by molar-refractivity contribution is 7.81. The molecule has 1 aromatic carbocycles. The van der Waals surface area contributed by atoms with Crippen LogP contribution in [0.4, 0.5) is 5.69 Å². The summed E-state index contributed by atoms with van der Waals surface area (Å²) in [6, 6.07) is 4.97. The Morgan fingerprint density at radius 2 is 2.24 bits per heavy atom. The highest BCUT2D eigenvalue weighted by Gasteiger charge is 2.29. The van der Waals surface area contributed by atoms with Gasteiger partial charge in [-0.25, -0.2) is 4.79 Å². The zero-order valence-corrected chi connectivity index (χ0v) is 10.3. The molecule has 0 bridgehead atoms. The van der Waals surface area contributed by atoms with Gasteiger partial charge in [-0.05, 0) is 24.6 Å². The maximum absolute atomic E-state index is 11.7. The molecule has 2 rings (SSSR count). The van der Waals surface area contributed by atoms with Gasteiger partial charge in [-0.3, -0.25) is 4.79 Å². The summed E-state index contributed by atoms with van der Waals surface area (Å²) >= 11 is 4.28. The lowest BCUT2D eigenvalue weighted by atomic mass is 10.1. The summed E-state index contributed by atoms with van der Waals surface area (Å²) in [7, 11) is 0. The van der Waals surface area contributed by atoms with Gasteiger partial charge < -0.3 is 10.0 Å². The lowest BCUT2D eigenvalue weighted by Gasteiger charge is -2.19. The molecule has 1 aliphatic rings. The van der Waals surface area contributed by atoms with Crippen molar-refractivity contribution in [2.75, 3.05) is 11.4 Å². The Kier molecular flexibility index (Phi) is 3.11. The van der Waals surface area contributed by atoms with Crippen LogP contribution in [-0.2, 0) is 4.79 Å². The molecule has 1 atom stereocenters. The molecule has 1 amide bonds. The summed E-state index contributed by atoms with van der Waals surface area (Å²) in [6.07, 6.45) is 0.403. The van der Waals surface area contributed by atoms with E-state index >= 15 is 0 Å². The van der Waals surface area contributed by atoms with Gasteiger partial charge >= 0.3 is 5.97 Å². The largest absolute Gasteiger partial charge is 0.478 e. The average Bonchev–Trinajstić information content (AvgIpc) is 2.57. The van der Waals surface area contributed by atoms with Crippen LogP contribution in [0.25, 0.3) is 0 Å². The van der Waals surface area contributed by atoms with Gasteiger partial charge in [0.15, 0.2) is 0 Å². The fourth-order valence-electron chi connectivity index (χ4n) is 2.07.